The molecule has 1 N–H and O–H groups in total. The molecule has 0 spiro atoms. The van der Waals surface area contributed by atoms with Crippen LogP contribution in [0.2, 0.25) is 0 Å². The predicted octanol–water partition coefficient (Wildman–Crippen LogP) is 2.77. The molecule has 106 valence electrons. The molecule has 1 saturated carbocycles. The molecule has 1 atom stereocenters. The minimum atomic E-state index is -0.466. The Balaban J connectivity index is 1.87. The molecule has 1 aromatic rings. The number of hydrogen-bond acceptors (Lipinski definition) is 5. The van der Waals surface area contributed by atoms with E-state index in [1.54, 1.807) is 6.07 Å². The van der Waals surface area contributed by atoms with Crippen LogP contribution >= 0.6 is 15.9 Å². The number of benzene rings is 1. The Morgan fingerprint density at radius 1 is 1.60 bits per heavy atom. The Morgan fingerprint density at radius 2 is 2.35 bits per heavy atom. The molecule has 0 heterocycles. The number of nitro benzene ring substituents is 1. The van der Waals surface area contributed by atoms with E-state index < -0.39 is 4.92 Å². The highest BCUT2D eigenvalue weighted by molar-refractivity contribution is 9.10. The maximum atomic E-state index is 10.7. The van der Waals surface area contributed by atoms with Gasteiger partial charge in [-0.15, -0.1) is 0 Å². The number of nitriles is 1. The van der Waals surface area contributed by atoms with Crippen LogP contribution in [0.5, 0.6) is 5.75 Å². The van der Waals surface area contributed by atoms with Gasteiger partial charge in [-0.3, -0.25) is 15.4 Å². The predicted molar refractivity (Wildman–Crippen MR) is 76.5 cm³/mol. The second kappa shape index (κ2) is 6.68. The molecular weight excluding hydrogens is 326 g/mol. The molecule has 6 nitrogen and oxygen atoms in total. The summed E-state index contributed by atoms with van der Waals surface area (Å²) in [5.74, 6) is 0.419. The highest BCUT2D eigenvalue weighted by Gasteiger charge is 2.24. The molecule has 1 unspecified atom stereocenters. The lowest BCUT2D eigenvalue weighted by Crippen LogP contribution is -2.31. The lowest BCUT2D eigenvalue weighted by atomic mass is 10.2. The van der Waals surface area contributed by atoms with Gasteiger partial charge in [-0.05, 0) is 34.8 Å². The summed E-state index contributed by atoms with van der Waals surface area (Å²) in [7, 11) is 0. The molecule has 1 aliphatic carbocycles. The fourth-order valence-corrected chi connectivity index (χ4v) is 2.08. The Morgan fingerprint density at radius 3 is 2.95 bits per heavy atom. The number of rotatable bonds is 7. The van der Waals surface area contributed by atoms with Crippen molar-refractivity contribution in [2.45, 2.75) is 31.3 Å². The molecule has 20 heavy (non-hydrogen) atoms. The number of nitrogens with zero attached hydrogens (tertiary/aromatic N) is 2. The number of nitrogens with one attached hydrogen (secondary N) is 1. The van der Waals surface area contributed by atoms with Crippen LogP contribution < -0.4 is 10.1 Å². The molecule has 0 aromatic heterocycles. The van der Waals surface area contributed by atoms with Crippen molar-refractivity contribution in [3.05, 3.63) is 32.8 Å². The van der Waals surface area contributed by atoms with Crippen molar-refractivity contribution in [1.29, 1.82) is 5.26 Å². The summed E-state index contributed by atoms with van der Waals surface area (Å²) in [4.78, 5) is 10.2. The third kappa shape index (κ3) is 4.18. The molecule has 1 aromatic carbocycles. The first-order valence-corrected chi connectivity index (χ1v) is 7.12. The van der Waals surface area contributed by atoms with E-state index in [0.717, 1.165) is 12.8 Å². The van der Waals surface area contributed by atoms with Crippen LogP contribution in [0.4, 0.5) is 5.69 Å². The van der Waals surface area contributed by atoms with Gasteiger partial charge in [-0.25, -0.2) is 0 Å². The summed E-state index contributed by atoms with van der Waals surface area (Å²) in [6.45, 7) is 0.331. The first-order chi connectivity index (χ1) is 9.60. The van der Waals surface area contributed by atoms with Crippen LogP contribution in [-0.4, -0.2) is 23.6 Å². The van der Waals surface area contributed by atoms with Gasteiger partial charge in [0.05, 0.1) is 34.2 Å². The molecule has 1 fully saturated rings. The molecule has 2 rings (SSSR count). The Bertz CT molecular complexity index is 540. The van der Waals surface area contributed by atoms with E-state index in [0.29, 0.717) is 29.3 Å². The summed E-state index contributed by atoms with van der Waals surface area (Å²) in [6, 6.07) is 6.78. The van der Waals surface area contributed by atoms with E-state index in [1.807, 2.05) is 0 Å². The van der Waals surface area contributed by atoms with E-state index >= 15 is 0 Å². The van der Waals surface area contributed by atoms with Gasteiger partial charge in [0.15, 0.2) is 0 Å². The Labute approximate surface area is 125 Å². The van der Waals surface area contributed by atoms with Gasteiger partial charge in [0.2, 0.25) is 0 Å². The maximum absolute atomic E-state index is 10.7. The van der Waals surface area contributed by atoms with Gasteiger partial charge >= 0.3 is 0 Å². The maximum Gasteiger partial charge on any atom is 0.273 e. The number of non-ortho nitro benzene ring substituents is 1. The Hall–Kier alpha value is -1.65. The molecule has 0 radical (unpaired) electrons. The summed E-state index contributed by atoms with van der Waals surface area (Å²) in [5.41, 5.74) is -0.0175. The lowest BCUT2D eigenvalue weighted by molar-refractivity contribution is -0.385. The van der Waals surface area contributed by atoms with Crippen molar-refractivity contribution in [2.24, 2.45) is 0 Å². The summed E-state index contributed by atoms with van der Waals surface area (Å²) < 4.78 is 6.18. The normalized spacial score (nSPS) is 15.4. The van der Waals surface area contributed by atoms with Gasteiger partial charge in [0.25, 0.3) is 5.69 Å². The standard InChI is InChI=1S/C13H14BrN3O3/c14-12-4-3-11(17(18)19)7-13(12)20-6-5-10(8-15)16-9-1-2-9/h3-4,7,9-10,16H,1-2,5-6H2. The molecule has 7 heteroatoms. The lowest BCUT2D eigenvalue weighted by Gasteiger charge is -2.12. The number of hydrogen-bond donors (Lipinski definition) is 1. The average Bonchev–Trinajstić information content (AvgIpc) is 3.23. The van der Waals surface area contributed by atoms with E-state index in [2.05, 4.69) is 27.3 Å². The molecule has 0 amide bonds. The second-order valence-corrected chi connectivity index (χ2v) is 5.49. The zero-order valence-electron chi connectivity index (χ0n) is 10.7. The van der Waals surface area contributed by atoms with Crippen LogP contribution in [0.1, 0.15) is 19.3 Å². The van der Waals surface area contributed by atoms with Crippen LogP contribution in [0, 0.1) is 21.4 Å². The summed E-state index contributed by atoms with van der Waals surface area (Å²) >= 11 is 3.29. The summed E-state index contributed by atoms with van der Waals surface area (Å²) in [6.07, 6.45) is 2.78. The van der Waals surface area contributed by atoms with Crippen molar-refractivity contribution in [3.8, 4) is 11.8 Å². The fourth-order valence-electron chi connectivity index (χ4n) is 1.72. The topological polar surface area (TPSA) is 88.2 Å². The number of nitro groups is 1. The van der Waals surface area contributed by atoms with Crippen LogP contribution in [-0.2, 0) is 0 Å². The van der Waals surface area contributed by atoms with Gasteiger partial charge < -0.3 is 4.74 Å². The minimum Gasteiger partial charge on any atom is -0.492 e. The highest BCUT2D eigenvalue weighted by atomic mass is 79.9. The quantitative estimate of drug-likeness (QED) is 0.609. The zero-order valence-corrected chi connectivity index (χ0v) is 12.3. The average molecular weight is 340 g/mol. The van der Waals surface area contributed by atoms with Crippen molar-refractivity contribution >= 4 is 21.6 Å². The molecule has 0 aliphatic heterocycles. The monoisotopic (exact) mass is 339 g/mol. The van der Waals surface area contributed by atoms with E-state index in [9.17, 15) is 10.1 Å². The van der Waals surface area contributed by atoms with E-state index in [-0.39, 0.29) is 11.7 Å². The third-order valence-corrected chi connectivity index (χ3v) is 3.61. The molecule has 1 aliphatic rings. The van der Waals surface area contributed by atoms with Crippen LogP contribution in [0.3, 0.4) is 0 Å². The van der Waals surface area contributed by atoms with Gasteiger partial charge in [-0.2, -0.15) is 5.26 Å². The van der Waals surface area contributed by atoms with Crippen molar-refractivity contribution < 1.29 is 9.66 Å². The van der Waals surface area contributed by atoms with Crippen molar-refractivity contribution in [1.82, 2.24) is 5.32 Å². The minimum absolute atomic E-state index is 0.0175. The molecule has 0 saturated heterocycles. The smallest absolute Gasteiger partial charge is 0.273 e. The molecule has 0 bridgehead atoms. The first kappa shape index (κ1) is 14.8. The van der Waals surface area contributed by atoms with Crippen LogP contribution in [0.15, 0.2) is 22.7 Å². The SMILES string of the molecule is N#CC(CCOc1cc([N+](=O)[O-])ccc1Br)NC1CC1. The van der Waals surface area contributed by atoms with Gasteiger partial charge in [-0.1, -0.05) is 0 Å². The fraction of sp³-hybridized carbons (Fsp3) is 0.462. The van der Waals surface area contributed by atoms with Crippen molar-refractivity contribution in [2.75, 3.05) is 6.61 Å². The van der Waals surface area contributed by atoms with Gasteiger partial charge in [0, 0.05) is 18.5 Å². The highest BCUT2D eigenvalue weighted by Crippen LogP contribution is 2.29. The third-order valence-electron chi connectivity index (χ3n) is 2.96. The Kier molecular flexibility index (Phi) is 4.93. The largest absolute Gasteiger partial charge is 0.492 e. The van der Waals surface area contributed by atoms with Gasteiger partial charge in [0.1, 0.15) is 5.75 Å². The van der Waals surface area contributed by atoms with Crippen molar-refractivity contribution in [3.63, 3.8) is 0 Å². The number of halogens is 1. The van der Waals surface area contributed by atoms with Crippen LogP contribution in [0.25, 0.3) is 0 Å². The van der Waals surface area contributed by atoms with E-state index in [4.69, 9.17) is 10.00 Å². The number of ether oxygens (including phenoxy) is 1. The zero-order chi connectivity index (χ0) is 14.5. The van der Waals surface area contributed by atoms with E-state index in [1.165, 1.54) is 12.1 Å². The summed E-state index contributed by atoms with van der Waals surface area (Å²) in [5, 5.41) is 22.9. The first-order valence-electron chi connectivity index (χ1n) is 6.32. The molecular formula is C13H14BrN3O3. The second-order valence-electron chi connectivity index (χ2n) is 4.63.